The molecule has 0 bridgehead atoms. The SMILES string of the molecule is CCN(Cc1noc(CC(C)C)n1)C(=O)C[C@@H]1CNCCO1. The molecule has 1 aliphatic heterocycles. The maximum atomic E-state index is 12.4. The number of aromatic nitrogens is 2. The van der Waals surface area contributed by atoms with E-state index in [1.165, 1.54) is 0 Å². The fourth-order valence-electron chi connectivity index (χ4n) is 2.41. The lowest BCUT2D eigenvalue weighted by Gasteiger charge is -2.26. The molecule has 0 radical (unpaired) electrons. The van der Waals surface area contributed by atoms with Crippen molar-refractivity contribution in [3.63, 3.8) is 0 Å². The molecule has 0 unspecified atom stereocenters. The summed E-state index contributed by atoms with van der Waals surface area (Å²) in [5, 5.41) is 7.20. The van der Waals surface area contributed by atoms with E-state index < -0.39 is 0 Å². The van der Waals surface area contributed by atoms with Gasteiger partial charge in [0.05, 0.1) is 25.7 Å². The van der Waals surface area contributed by atoms with E-state index in [0.717, 1.165) is 19.5 Å². The van der Waals surface area contributed by atoms with Gasteiger partial charge in [0.15, 0.2) is 5.82 Å². The Morgan fingerprint density at radius 2 is 2.32 bits per heavy atom. The van der Waals surface area contributed by atoms with Crippen LogP contribution in [-0.2, 0) is 22.5 Å². The van der Waals surface area contributed by atoms with Gasteiger partial charge in [0, 0.05) is 26.1 Å². The summed E-state index contributed by atoms with van der Waals surface area (Å²) >= 11 is 0. The number of ether oxygens (including phenoxy) is 1. The highest BCUT2D eigenvalue weighted by atomic mass is 16.5. The minimum absolute atomic E-state index is 0.0444. The highest BCUT2D eigenvalue weighted by molar-refractivity contribution is 5.76. The third kappa shape index (κ3) is 5.06. The van der Waals surface area contributed by atoms with Gasteiger partial charge in [-0.15, -0.1) is 0 Å². The van der Waals surface area contributed by atoms with Crippen LogP contribution < -0.4 is 5.32 Å². The maximum absolute atomic E-state index is 12.4. The average molecular weight is 310 g/mol. The molecular weight excluding hydrogens is 284 g/mol. The molecule has 1 saturated heterocycles. The van der Waals surface area contributed by atoms with Crippen LogP contribution in [0.3, 0.4) is 0 Å². The van der Waals surface area contributed by atoms with Crippen LogP contribution in [0.1, 0.15) is 38.9 Å². The Balaban J connectivity index is 1.87. The number of hydrogen-bond donors (Lipinski definition) is 1. The summed E-state index contributed by atoms with van der Waals surface area (Å²) in [5.41, 5.74) is 0. The molecule has 0 saturated carbocycles. The standard InChI is InChI=1S/C15H26N4O3/c1-4-19(15(20)8-12-9-16-5-6-21-12)10-13-17-14(22-18-13)7-11(2)3/h11-12,16H,4-10H2,1-3H3/t12-/m1/s1. The van der Waals surface area contributed by atoms with Gasteiger partial charge in [-0.1, -0.05) is 19.0 Å². The van der Waals surface area contributed by atoms with Crippen LogP contribution in [0.15, 0.2) is 4.52 Å². The van der Waals surface area contributed by atoms with Crippen LogP contribution in [0.5, 0.6) is 0 Å². The van der Waals surface area contributed by atoms with Crippen LogP contribution in [0.2, 0.25) is 0 Å². The minimum Gasteiger partial charge on any atom is -0.375 e. The molecule has 22 heavy (non-hydrogen) atoms. The van der Waals surface area contributed by atoms with E-state index in [9.17, 15) is 4.79 Å². The summed E-state index contributed by atoms with van der Waals surface area (Å²) in [6.45, 7) is 9.40. The average Bonchev–Trinajstić information content (AvgIpc) is 2.92. The molecule has 0 aliphatic carbocycles. The van der Waals surface area contributed by atoms with Gasteiger partial charge in [0.1, 0.15) is 0 Å². The summed E-state index contributed by atoms with van der Waals surface area (Å²) in [5.74, 6) is 1.72. The monoisotopic (exact) mass is 310 g/mol. The van der Waals surface area contributed by atoms with Crippen LogP contribution in [-0.4, -0.2) is 53.3 Å². The zero-order chi connectivity index (χ0) is 15.9. The summed E-state index contributed by atoms with van der Waals surface area (Å²) in [6, 6.07) is 0. The number of carbonyl (C=O) groups excluding carboxylic acids is 1. The smallest absolute Gasteiger partial charge is 0.226 e. The van der Waals surface area contributed by atoms with Crippen LogP contribution in [0.25, 0.3) is 0 Å². The molecule has 1 amide bonds. The van der Waals surface area contributed by atoms with Crippen molar-refractivity contribution in [1.82, 2.24) is 20.4 Å². The van der Waals surface area contributed by atoms with Gasteiger partial charge in [-0.2, -0.15) is 4.98 Å². The van der Waals surface area contributed by atoms with Gasteiger partial charge in [-0.3, -0.25) is 4.79 Å². The first-order chi connectivity index (χ1) is 10.6. The van der Waals surface area contributed by atoms with Crippen LogP contribution in [0, 0.1) is 5.92 Å². The summed E-state index contributed by atoms with van der Waals surface area (Å²) in [7, 11) is 0. The van der Waals surface area contributed by atoms with E-state index >= 15 is 0 Å². The number of hydrogen-bond acceptors (Lipinski definition) is 6. The molecule has 1 aromatic heterocycles. The van der Waals surface area contributed by atoms with Crippen molar-refractivity contribution in [2.24, 2.45) is 5.92 Å². The molecule has 2 heterocycles. The van der Waals surface area contributed by atoms with Gasteiger partial charge in [-0.25, -0.2) is 0 Å². The first-order valence-corrected chi connectivity index (χ1v) is 8.00. The van der Waals surface area contributed by atoms with Crippen molar-refractivity contribution in [2.45, 2.75) is 46.3 Å². The number of morpholine rings is 1. The molecule has 1 aliphatic rings. The fourth-order valence-corrected chi connectivity index (χ4v) is 2.41. The second-order valence-corrected chi connectivity index (χ2v) is 6.01. The summed E-state index contributed by atoms with van der Waals surface area (Å²) in [4.78, 5) is 18.5. The van der Waals surface area contributed by atoms with Gasteiger partial charge in [0.25, 0.3) is 0 Å². The van der Waals surface area contributed by atoms with E-state index in [1.807, 2.05) is 6.92 Å². The van der Waals surface area contributed by atoms with E-state index in [1.54, 1.807) is 4.90 Å². The second kappa shape index (κ2) is 8.24. The summed E-state index contributed by atoms with van der Waals surface area (Å²) in [6.07, 6.45) is 1.10. The lowest BCUT2D eigenvalue weighted by atomic mass is 10.1. The van der Waals surface area contributed by atoms with Gasteiger partial charge in [-0.05, 0) is 12.8 Å². The van der Waals surface area contributed by atoms with Crippen LogP contribution >= 0.6 is 0 Å². The molecule has 0 spiro atoms. The van der Waals surface area contributed by atoms with Crippen molar-refractivity contribution in [2.75, 3.05) is 26.2 Å². The topological polar surface area (TPSA) is 80.5 Å². The molecular formula is C15H26N4O3. The highest BCUT2D eigenvalue weighted by Crippen LogP contribution is 2.10. The lowest BCUT2D eigenvalue weighted by Crippen LogP contribution is -2.42. The van der Waals surface area contributed by atoms with Gasteiger partial charge >= 0.3 is 0 Å². The molecule has 0 aromatic carbocycles. The van der Waals surface area contributed by atoms with E-state index in [-0.39, 0.29) is 12.0 Å². The van der Waals surface area contributed by atoms with Crippen LogP contribution in [0.4, 0.5) is 0 Å². The van der Waals surface area contributed by atoms with Crippen molar-refractivity contribution < 1.29 is 14.1 Å². The third-order valence-electron chi connectivity index (χ3n) is 3.57. The maximum Gasteiger partial charge on any atom is 0.226 e. The third-order valence-corrected chi connectivity index (χ3v) is 3.57. The normalized spacial score (nSPS) is 18.6. The molecule has 1 atom stereocenters. The highest BCUT2D eigenvalue weighted by Gasteiger charge is 2.22. The fraction of sp³-hybridized carbons (Fsp3) is 0.800. The number of nitrogens with one attached hydrogen (secondary N) is 1. The minimum atomic E-state index is -0.0444. The van der Waals surface area contributed by atoms with E-state index in [4.69, 9.17) is 9.26 Å². The Labute approximate surface area is 131 Å². The lowest BCUT2D eigenvalue weighted by molar-refractivity contribution is -0.135. The number of nitrogens with zero attached hydrogens (tertiary/aromatic N) is 3. The Morgan fingerprint density at radius 1 is 1.50 bits per heavy atom. The predicted molar refractivity (Wildman–Crippen MR) is 81.2 cm³/mol. The molecule has 7 nitrogen and oxygen atoms in total. The molecule has 124 valence electrons. The van der Waals surface area contributed by atoms with Gasteiger partial charge in [0.2, 0.25) is 11.8 Å². The van der Waals surface area contributed by atoms with E-state index in [0.29, 0.717) is 43.8 Å². The first kappa shape index (κ1) is 16.9. The molecule has 1 aromatic rings. The number of amides is 1. The molecule has 1 fully saturated rings. The van der Waals surface area contributed by atoms with Crippen molar-refractivity contribution >= 4 is 5.91 Å². The molecule has 2 rings (SSSR count). The Hall–Kier alpha value is -1.47. The molecule has 1 N–H and O–H groups in total. The Morgan fingerprint density at radius 3 is 2.95 bits per heavy atom. The first-order valence-electron chi connectivity index (χ1n) is 8.00. The zero-order valence-electron chi connectivity index (χ0n) is 13.7. The quantitative estimate of drug-likeness (QED) is 0.809. The molecule has 7 heteroatoms. The van der Waals surface area contributed by atoms with Gasteiger partial charge < -0.3 is 19.5 Å². The zero-order valence-corrected chi connectivity index (χ0v) is 13.7. The number of carbonyl (C=O) groups is 1. The van der Waals surface area contributed by atoms with Crippen molar-refractivity contribution in [1.29, 1.82) is 0 Å². The van der Waals surface area contributed by atoms with E-state index in [2.05, 4.69) is 29.3 Å². The summed E-state index contributed by atoms with van der Waals surface area (Å²) < 4.78 is 10.8. The second-order valence-electron chi connectivity index (χ2n) is 6.01. The Bertz CT molecular complexity index is 469. The largest absolute Gasteiger partial charge is 0.375 e. The Kier molecular flexibility index (Phi) is 6.33. The van der Waals surface area contributed by atoms with Crippen molar-refractivity contribution in [3.8, 4) is 0 Å². The van der Waals surface area contributed by atoms with Crippen molar-refractivity contribution in [3.05, 3.63) is 11.7 Å². The number of rotatable bonds is 7. The predicted octanol–water partition coefficient (Wildman–Crippen LogP) is 0.995.